The highest BCUT2D eigenvalue weighted by atomic mass is 16.5. The molecule has 1 unspecified atom stereocenters. The molecule has 0 saturated carbocycles. The Morgan fingerprint density at radius 2 is 2.20 bits per heavy atom. The highest BCUT2D eigenvalue weighted by molar-refractivity contribution is 5.77. The van der Waals surface area contributed by atoms with E-state index in [1.165, 1.54) is 0 Å². The standard InChI is InChI=1S/C11H15NO3/c1-7-4-5-10(15-3)9(6-7)12-8(2)11(13)14/h4-6,8,12H,1-3H3,(H,13,14). The van der Waals surface area contributed by atoms with Gasteiger partial charge < -0.3 is 15.2 Å². The molecule has 0 radical (unpaired) electrons. The van der Waals surface area contributed by atoms with Gasteiger partial charge in [0.1, 0.15) is 11.8 Å². The summed E-state index contributed by atoms with van der Waals surface area (Å²) in [7, 11) is 1.56. The number of benzene rings is 1. The molecule has 0 aliphatic rings. The lowest BCUT2D eigenvalue weighted by Gasteiger charge is -2.14. The quantitative estimate of drug-likeness (QED) is 0.795. The first-order valence-electron chi connectivity index (χ1n) is 4.68. The van der Waals surface area contributed by atoms with Crippen LogP contribution in [0.15, 0.2) is 18.2 Å². The van der Waals surface area contributed by atoms with E-state index in [9.17, 15) is 4.79 Å². The average molecular weight is 209 g/mol. The molecule has 0 heterocycles. The molecular weight excluding hydrogens is 194 g/mol. The molecule has 0 spiro atoms. The largest absolute Gasteiger partial charge is 0.495 e. The molecule has 0 saturated heterocycles. The third kappa shape index (κ3) is 2.87. The molecular formula is C11H15NO3. The summed E-state index contributed by atoms with van der Waals surface area (Å²) in [6.07, 6.45) is 0. The van der Waals surface area contributed by atoms with Gasteiger partial charge >= 0.3 is 5.97 Å². The van der Waals surface area contributed by atoms with Crippen LogP contribution >= 0.6 is 0 Å². The normalized spacial score (nSPS) is 11.9. The van der Waals surface area contributed by atoms with Gasteiger partial charge in [-0.05, 0) is 31.5 Å². The molecule has 15 heavy (non-hydrogen) atoms. The van der Waals surface area contributed by atoms with E-state index in [2.05, 4.69) is 5.32 Å². The Hall–Kier alpha value is -1.71. The van der Waals surface area contributed by atoms with Gasteiger partial charge in [0.15, 0.2) is 0 Å². The summed E-state index contributed by atoms with van der Waals surface area (Å²) in [6, 6.07) is 4.95. The molecule has 1 aromatic rings. The summed E-state index contributed by atoms with van der Waals surface area (Å²) in [5.41, 5.74) is 1.75. The number of hydrogen-bond donors (Lipinski definition) is 2. The fraction of sp³-hybridized carbons (Fsp3) is 0.364. The summed E-state index contributed by atoms with van der Waals surface area (Å²) < 4.78 is 5.13. The zero-order valence-corrected chi connectivity index (χ0v) is 9.07. The van der Waals surface area contributed by atoms with Crippen LogP contribution in [0.3, 0.4) is 0 Å². The highest BCUT2D eigenvalue weighted by Crippen LogP contribution is 2.25. The van der Waals surface area contributed by atoms with Gasteiger partial charge in [0.05, 0.1) is 12.8 Å². The number of carboxylic acid groups (broad SMARTS) is 1. The van der Waals surface area contributed by atoms with E-state index in [0.29, 0.717) is 11.4 Å². The van der Waals surface area contributed by atoms with Crippen molar-refractivity contribution in [1.82, 2.24) is 0 Å². The summed E-state index contributed by atoms with van der Waals surface area (Å²) in [5.74, 6) is -0.243. The van der Waals surface area contributed by atoms with Gasteiger partial charge in [0.25, 0.3) is 0 Å². The summed E-state index contributed by atoms with van der Waals surface area (Å²) in [4.78, 5) is 10.7. The Morgan fingerprint density at radius 1 is 1.53 bits per heavy atom. The Labute approximate surface area is 88.9 Å². The van der Waals surface area contributed by atoms with Crippen molar-refractivity contribution >= 4 is 11.7 Å². The number of aliphatic carboxylic acids is 1. The maximum atomic E-state index is 10.7. The summed E-state index contributed by atoms with van der Waals surface area (Å²) in [5, 5.41) is 11.7. The van der Waals surface area contributed by atoms with Gasteiger partial charge in [0, 0.05) is 0 Å². The molecule has 1 atom stereocenters. The highest BCUT2D eigenvalue weighted by Gasteiger charge is 2.12. The van der Waals surface area contributed by atoms with Crippen LogP contribution in [0, 0.1) is 6.92 Å². The van der Waals surface area contributed by atoms with Crippen molar-refractivity contribution in [3.8, 4) is 5.75 Å². The number of nitrogens with one attached hydrogen (secondary N) is 1. The van der Waals surface area contributed by atoms with Crippen molar-refractivity contribution in [3.05, 3.63) is 23.8 Å². The molecule has 0 aromatic heterocycles. The predicted molar refractivity (Wildman–Crippen MR) is 58.5 cm³/mol. The number of ether oxygens (including phenoxy) is 1. The molecule has 4 nitrogen and oxygen atoms in total. The van der Waals surface area contributed by atoms with Crippen molar-refractivity contribution in [3.63, 3.8) is 0 Å². The van der Waals surface area contributed by atoms with Crippen LogP contribution in [0.2, 0.25) is 0 Å². The molecule has 0 aliphatic carbocycles. The molecule has 0 fully saturated rings. The first kappa shape index (κ1) is 11.4. The molecule has 2 N–H and O–H groups in total. The van der Waals surface area contributed by atoms with E-state index < -0.39 is 12.0 Å². The Balaban J connectivity index is 2.91. The minimum atomic E-state index is -0.890. The van der Waals surface area contributed by atoms with Gasteiger partial charge in [-0.1, -0.05) is 6.07 Å². The SMILES string of the molecule is COc1ccc(C)cc1NC(C)C(=O)O. The number of anilines is 1. The van der Waals surface area contributed by atoms with E-state index in [-0.39, 0.29) is 0 Å². The van der Waals surface area contributed by atoms with Crippen LogP contribution in [0.5, 0.6) is 5.75 Å². The second-order valence-corrected chi connectivity index (χ2v) is 3.41. The Bertz CT molecular complexity index is 363. The van der Waals surface area contributed by atoms with E-state index >= 15 is 0 Å². The van der Waals surface area contributed by atoms with E-state index in [1.807, 2.05) is 25.1 Å². The lowest BCUT2D eigenvalue weighted by molar-refractivity contribution is -0.137. The van der Waals surface area contributed by atoms with Gasteiger partial charge in [-0.3, -0.25) is 4.79 Å². The fourth-order valence-corrected chi connectivity index (χ4v) is 1.23. The van der Waals surface area contributed by atoms with Crippen LogP contribution in [-0.2, 0) is 4.79 Å². The third-order valence-electron chi connectivity index (χ3n) is 2.10. The average Bonchev–Trinajstić information content (AvgIpc) is 2.18. The maximum absolute atomic E-state index is 10.7. The second-order valence-electron chi connectivity index (χ2n) is 3.41. The van der Waals surface area contributed by atoms with Crippen LogP contribution in [-0.4, -0.2) is 24.2 Å². The van der Waals surface area contributed by atoms with Crippen molar-refractivity contribution < 1.29 is 14.6 Å². The Morgan fingerprint density at radius 3 is 2.73 bits per heavy atom. The van der Waals surface area contributed by atoms with Gasteiger partial charge in [-0.15, -0.1) is 0 Å². The molecule has 4 heteroatoms. The monoisotopic (exact) mass is 209 g/mol. The smallest absolute Gasteiger partial charge is 0.325 e. The minimum Gasteiger partial charge on any atom is -0.495 e. The number of carboxylic acids is 1. The summed E-state index contributed by atoms with van der Waals surface area (Å²) >= 11 is 0. The molecule has 0 aliphatic heterocycles. The van der Waals surface area contributed by atoms with Gasteiger partial charge in [-0.25, -0.2) is 0 Å². The van der Waals surface area contributed by atoms with Crippen molar-refractivity contribution in [2.75, 3.05) is 12.4 Å². The van der Waals surface area contributed by atoms with Crippen molar-refractivity contribution in [2.24, 2.45) is 0 Å². The molecule has 82 valence electrons. The van der Waals surface area contributed by atoms with E-state index in [0.717, 1.165) is 5.56 Å². The molecule has 0 bridgehead atoms. The lowest BCUT2D eigenvalue weighted by Crippen LogP contribution is -2.25. The van der Waals surface area contributed by atoms with Crippen LogP contribution in [0.1, 0.15) is 12.5 Å². The molecule has 1 rings (SSSR count). The van der Waals surface area contributed by atoms with Crippen LogP contribution in [0.25, 0.3) is 0 Å². The van der Waals surface area contributed by atoms with Crippen LogP contribution < -0.4 is 10.1 Å². The summed E-state index contributed by atoms with van der Waals surface area (Å²) in [6.45, 7) is 3.53. The van der Waals surface area contributed by atoms with Crippen molar-refractivity contribution in [1.29, 1.82) is 0 Å². The van der Waals surface area contributed by atoms with Crippen molar-refractivity contribution in [2.45, 2.75) is 19.9 Å². The zero-order valence-electron chi connectivity index (χ0n) is 9.07. The fourth-order valence-electron chi connectivity index (χ4n) is 1.23. The maximum Gasteiger partial charge on any atom is 0.325 e. The van der Waals surface area contributed by atoms with E-state index in [4.69, 9.17) is 9.84 Å². The number of rotatable bonds is 4. The second kappa shape index (κ2) is 4.68. The first-order valence-corrected chi connectivity index (χ1v) is 4.68. The topological polar surface area (TPSA) is 58.6 Å². The number of hydrogen-bond acceptors (Lipinski definition) is 3. The number of carbonyl (C=O) groups is 1. The number of methoxy groups -OCH3 is 1. The van der Waals surface area contributed by atoms with Crippen LogP contribution in [0.4, 0.5) is 5.69 Å². The Kier molecular flexibility index (Phi) is 3.55. The lowest BCUT2D eigenvalue weighted by atomic mass is 10.2. The first-order chi connectivity index (χ1) is 7.04. The molecule has 0 amide bonds. The van der Waals surface area contributed by atoms with E-state index in [1.54, 1.807) is 14.0 Å². The predicted octanol–water partition coefficient (Wildman–Crippen LogP) is 1.89. The number of aryl methyl sites for hydroxylation is 1. The molecule has 1 aromatic carbocycles. The van der Waals surface area contributed by atoms with Gasteiger partial charge in [-0.2, -0.15) is 0 Å². The van der Waals surface area contributed by atoms with Gasteiger partial charge in [0.2, 0.25) is 0 Å². The minimum absolute atomic E-state index is 0.638. The third-order valence-corrected chi connectivity index (χ3v) is 2.10. The zero-order chi connectivity index (χ0) is 11.4.